The monoisotopic (exact) mass is 189 g/mol. The topological polar surface area (TPSA) is 12.0 Å². The Morgan fingerprint density at radius 1 is 0.846 bits per heavy atom. The van der Waals surface area contributed by atoms with E-state index in [2.05, 4.69) is 19.2 Å². The molecular formula is C12H31N. The number of nitrogens with one attached hydrogen (secondary N) is 1. The van der Waals surface area contributed by atoms with Crippen molar-refractivity contribution in [2.75, 3.05) is 13.1 Å². The first-order chi connectivity index (χ1) is 6.41. The summed E-state index contributed by atoms with van der Waals surface area (Å²) in [6.07, 6.45) is 8.40. The highest BCUT2D eigenvalue weighted by Crippen LogP contribution is 2.03. The van der Waals surface area contributed by atoms with Crippen LogP contribution in [0, 0.1) is 0 Å². The molecule has 0 aromatic carbocycles. The van der Waals surface area contributed by atoms with E-state index in [9.17, 15) is 0 Å². The molecule has 0 aromatic heterocycles. The van der Waals surface area contributed by atoms with Crippen molar-refractivity contribution in [3.05, 3.63) is 0 Å². The lowest BCUT2D eigenvalue weighted by Crippen LogP contribution is -2.13. The molecular weight excluding hydrogens is 158 g/mol. The fraction of sp³-hybridized carbons (Fsp3) is 1.00. The predicted molar refractivity (Wildman–Crippen MR) is 65.4 cm³/mol. The Morgan fingerprint density at radius 2 is 1.38 bits per heavy atom. The van der Waals surface area contributed by atoms with Gasteiger partial charge in [0.1, 0.15) is 0 Å². The van der Waals surface area contributed by atoms with Gasteiger partial charge in [0.2, 0.25) is 0 Å². The van der Waals surface area contributed by atoms with Crippen molar-refractivity contribution in [2.45, 2.75) is 66.2 Å². The van der Waals surface area contributed by atoms with Crippen LogP contribution in [0.25, 0.3) is 0 Å². The van der Waals surface area contributed by atoms with Gasteiger partial charge in [-0.2, -0.15) is 0 Å². The third-order valence-electron chi connectivity index (χ3n) is 1.96. The molecule has 0 aliphatic heterocycles. The highest BCUT2D eigenvalue weighted by molar-refractivity contribution is 4.46. The van der Waals surface area contributed by atoms with E-state index in [4.69, 9.17) is 0 Å². The maximum Gasteiger partial charge on any atom is 0 e. The molecule has 0 bridgehead atoms. The van der Waals surface area contributed by atoms with Crippen LogP contribution < -0.4 is 5.32 Å². The Balaban J connectivity index is -0.000000376. The van der Waals surface area contributed by atoms with Gasteiger partial charge in [-0.15, -0.1) is 0 Å². The summed E-state index contributed by atoms with van der Waals surface area (Å²) >= 11 is 0. The summed E-state index contributed by atoms with van der Waals surface area (Å²) in [7, 11) is 0. The van der Waals surface area contributed by atoms with Crippen LogP contribution >= 0.6 is 0 Å². The van der Waals surface area contributed by atoms with E-state index >= 15 is 0 Å². The van der Waals surface area contributed by atoms with Crippen LogP contribution in [0.1, 0.15) is 67.6 Å². The fourth-order valence-corrected chi connectivity index (χ4v) is 1.21. The van der Waals surface area contributed by atoms with Crippen LogP contribution in [0.4, 0.5) is 0 Å². The molecule has 0 atom stereocenters. The Bertz CT molecular complexity index is 59.3. The quantitative estimate of drug-likeness (QED) is 0.563. The first-order valence-corrected chi connectivity index (χ1v) is 6.12. The van der Waals surface area contributed by atoms with Crippen LogP contribution in [0.5, 0.6) is 0 Å². The Kier molecular flexibility index (Phi) is 21.2. The van der Waals surface area contributed by atoms with Crippen molar-refractivity contribution in [3.8, 4) is 0 Å². The largest absolute Gasteiger partial charge is 0.317 e. The van der Waals surface area contributed by atoms with E-state index in [1.807, 2.05) is 13.8 Å². The van der Waals surface area contributed by atoms with Gasteiger partial charge in [-0.25, -0.2) is 0 Å². The molecule has 84 valence electrons. The molecule has 0 spiro atoms. The lowest BCUT2D eigenvalue weighted by Gasteiger charge is -2.00. The maximum atomic E-state index is 3.34. The molecule has 1 nitrogen and oxygen atoms in total. The molecule has 0 aromatic rings. The predicted octanol–water partition coefficient (Wildman–Crippen LogP) is 4.23. The van der Waals surface area contributed by atoms with Crippen LogP contribution in [0.15, 0.2) is 0 Å². The van der Waals surface area contributed by atoms with Crippen molar-refractivity contribution in [1.82, 2.24) is 5.32 Å². The van der Waals surface area contributed by atoms with Gasteiger partial charge in [0, 0.05) is 1.43 Å². The Morgan fingerprint density at radius 3 is 1.92 bits per heavy atom. The minimum atomic E-state index is 0. The zero-order valence-corrected chi connectivity index (χ0v) is 10.2. The van der Waals surface area contributed by atoms with E-state index in [1.165, 1.54) is 45.1 Å². The number of hydrogen-bond donors (Lipinski definition) is 1. The first-order valence-electron chi connectivity index (χ1n) is 6.12. The fourth-order valence-electron chi connectivity index (χ4n) is 1.21. The molecule has 13 heavy (non-hydrogen) atoms. The molecule has 0 aliphatic carbocycles. The van der Waals surface area contributed by atoms with E-state index in [0.717, 1.165) is 6.54 Å². The van der Waals surface area contributed by atoms with Crippen LogP contribution in [-0.2, 0) is 0 Å². The first kappa shape index (κ1) is 15.4. The molecule has 0 saturated heterocycles. The van der Waals surface area contributed by atoms with Crippen molar-refractivity contribution < 1.29 is 1.43 Å². The minimum absolute atomic E-state index is 0. The molecule has 0 amide bonds. The standard InChI is InChI=1S/C10H23N.C2H6.H2/c1-3-5-6-7-8-9-10-11-4-2;1-2;/h11H,3-10H2,1-2H3;1-2H3;1H. The van der Waals surface area contributed by atoms with Crippen LogP contribution in [0.2, 0.25) is 0 Å². The number of hydrogen-bond acceptors (Lipinski definition) is 1. The summed E-state index contributed by atoms with van der Waals surface area (Å²) in [5.74, 6) is 0. The molecule has 1 heteroatoms. The summed E-state index contributed by atoms with van der Waals surface area (Å²) in [5, 5.41) is 3.34. The van der Waals surface area contributed by atoms with Gasteiger partial charge >= 0.3 is 0 Å². The molecule has 1 N–H and O–H groups in total. The Labute approximate surface area is 86.8 Å². The summed E-state index contributed by atoms with van der Waals surface area (Å²) in [5.41, 5.74) is 0. The van der Waals surface area contributed by atoms with Crippen molar-refractivity contribution in [2.24, 2.45) is 0 Å². The normalized spacial score (nSPS) is 9.23. The van der Waals surface area contributed by atoms with Gasteiger partial charge in [0.15, 0.2) is 0 Å². The smallest absolute Gasteiger partial charge is 0 e. The van der Waals surface area contributed by atoms with E-state index in [0.29, 0.717) is 0 Å². The van der Waals surface area contributed by atoms with E-state index in [1.54, 1.807) is 0 Å². The zero-order valence-electron chi connectivity index (χ0n) is 10.2. The van der Waals surface area contributed by atoms with Crippen molar-refractivity contribution in [1.29, 1.82) is 0 Å². The highest BCUT2D eigenvalue weighted by Gasteiger charge is 1.88. The maximum absolute atomic E-state index is 3.34. The average Bonchev–Trinajstić information content (AvgIpc) is 2.20. The molecule has 0 saturated carbocycles. The SMILES string of the molecule is CC.CCCCCCCCNCC.[HH]. The van der Waals surface area contributed by atoms with Crippen LogP contribution in [-0.4, -0.2) is 13.1 Å². The van der Waals surface area contributed by atoms with Crippen LogP contribution in [0.3, 0.4) is 0 Å². The lowest BCUT2D eigenvalue weighted by molar-refractivity contribution is 0.580. The number of unbranched alkanes of at least 4 members (excludes halogenated alkanes) is 5. The molecule has 0 fully saturated rings. The average molecular weight is 189 g/mol. The number of rotatable bonds is 8. The summed E-state index contributed by atoms with van der Waals surface area (Å²) in [4.78, 5) is 0. The highest BCUT2D eigenvalue weighted by atomic mass is 14.8. The molecule has 0 heterocycles. The summed E-state index contributed by atoms with van der Waals surface area (Å²) < 4.78 is 0. The van der Waals surface area contributed by atoms with Gasteiger partial charge in [0.05, 0.1) is 0 Å². The second-order valence-electron chi connectivity index (χ2n) is 3.12. The summed E-state index contributed by atoms with van der Waals surface area (Å²) in [6, 6.07) is 0. The van der Waals surface area contributed by atoms with Crippen molar-refractivity contribution in [3.63, 3.8) is 0 Å². The van der Waals surface area contributed by atoms with Gasteiger partial charge in [0.25, 0.3) is 0 Å². The molecule has 0 radical (unpaired) electrons. The second-order valence-corrected chi connectivity index (χ2v) is 3.12. The Hall–Kier alpha value is -0.0400. The van der Waals surface area contributed by atoms with Gasteiger partial charge in [-0.1, -0.05) is 59.8 Å². The zero-order chi connectivity index (χ0) is 10.4. The van der Waals surface area contributed by atoms with E-state index < -0.39 is 0 Å². The molecule has 0 aliphatic rings. The minimum Gasteiger partial charge on any atom is -0.317 e. The van der Waals surface area contributed by atoms with E-state index in [-0.39, 0.29) is 1.43 Å². The van der Waals surface area contributed by atoms with Gasteiger partial charge in [-0.05, 0) is 19.5 Å². The van der Waals surface area contributed by atoms with Crippen molar-refractivity contribution >= 4 is 0 Å². The third kappa shape index (κ3) is 18.7. The molecule has 0 rings (SSSR count). The van der Waals surface area contributed by atoms with Gasteiger partial charge < -0.3 is 5.32 Å². The lowest BCUT2D eigenvalue weighted by atomic mass is 10.1. The van der Waals surface area contributed by atoms with Gasteiger partial charge in [-0.3, -0.25) is 0 Å². The second kappa shape index (κ2) is 17.9. The third-order valence-corrected chi connectivity index (χ3v) is 1.96. The molecule has 0 unspecified atom stereocenters. The summed E-state index contributed by atoms with van der Waals surface area (Å²) in [6.45, 7) is 10.8.